The minimum absolute atomic E-state index is 0.165. The van der Waals surface area contributed by atoms with Gasteiger partial charge in [-0.25, -0.2) is 8.42 Å². The van der Waals surface area contributed by atoms with Gasteiger partial charge in [0.25, 0.3) is 15.7 Å². The summed E-state index contributed by atoms with van der Waals surface area (Å²) in [5.41, 5.74) is -0.213. The number of nitrogens with zero attached hydrogens (tertiary/aromatic N) is 2. The van der Waals surface area contributed by atoms with Crippen LogP contribution in [-0.4, -0.2) is 39.6 Å². The Balaban J connectivity index is 2.55. The monoisotopic (exact) mass is 394 g/mol. The molecule has 0 heterocycles. The molecule has 0 radical (unpaired) electrons. The molecule has 144 valence electrons. The van der Waals surface area contributed by atoms with Crippen molar-refractivity contribution in [2.75, 3.05) is 24.6 Å². The summed E-state index contributed by atoms with van der Waals surface area (Å²) in [6.45, 7) is 1.55. The maximum Gasteiger partial charge on any atom is 0.326 e. The molecule has 0 saturated heterocycles. The third kappa shape index (κ3) is 4.73. The van der Waals surface area contributed by atoms with Gasteiger partial charge in [0.05, 0.1) is 29.2 Å². The molecule has 0 N–H and O–H groups in total. The molecule has 0 spiro atoms. The van der Waals surface area contributed by atoms with Crippen LogP contribution < -0.4 is 9.04 Å². The van der Waals surface area contributed by atoms with Gasteiger partial charge in [0.1, 0.15) is 12.3 Å². The van der Waals surface area contributed by atoms with Crippen molar-refractivity contribution in [1.82, 2.24) is 0 Å². The highest BCUT2D eigenvalue weighted by Gasteiger charge is 2.29. The number of methoxy groups -OCH3 is 1. The van der Waals surface area contributed by atoms with Gasteiger partial charge in [-0.15, -0.1) is 0 Å². The van der Waals surface area contributed by atoms with Crippen molar-refractivity contribution in [3.05, 3.63) is 58.6 Å². The smallest absolute Gasteiger partial charge is 0.326 e. The number of nitro benzene ring substituents is 1. The standard InChI is InChI=1S/C17H18N2O7S/c1-3-26-15-8-4-6-13(10-15)18(12-17(20)25-2)27(23,24)16-9-5-7-14(11-16)19(21)22/h4-11H,3,12H2,1-2H3. The number of anilines is 1. The Labute approximate surface area is 156 Å². The van der Waals surface area contributed by atoms with Crippen LogP contribution in [0.2, 0.25) is 0 Å². The number of non-ortho nitro benzene ring substituents is 1. The minimum Gasteiger partial charge on any atom is -0.494 e. The van der Waals surface area contributed by atoms with Crippen molar-refractivity contribution in [1.29, 1.82) is 0 Å². The average molecular weight is 394 g/mol. The molecule has 0 bridgehead atoms. The first-order valence-corrected chi connectivity index (χ1v) is 9.30. The molecule has 2 aromatic carbocycles. The van der Waals surface area contributed by atoms with Crippen LogP contribution in [-0.2, 0) is 19.6 Å². The van der Waals surface area contributed by atoms with E-state index in [9.17, 15) is 23.3 Å². The van der Waals surface area contributed by atoms with Gasteiger partial charge in [-0.05, 0) is 25.1 Å². The fraction of sp³-hybridized carbons (Fsp3) is 0.235. The van der Waals surface area contributed by atoms with Crippen molar-refractivity contribution < 1.29 is 27.6 Å². The number of rotatable bonds is 8. The summed E-state index contributed by atoms with van der Waals surface area (Å²) in [6, 6.07) is 10.8. The second kappa shape index (κ2) is 8.49. The van der Waals surface area contributed by atoms with Crippen LogP contribution in [0.4, 0.5) is 11.4 Å². The Bertz CT molecular complexity index is 944. The molecule has 0 fully saturated rings. The first-order valence-electron chi connectivity index (χ1n) is 7.86. The maximum absolute atomic E-state index is 13.1. The number of carbonyl (C=O) groups is 1. The van der Waals surface area contributed by atoms with E-state index >= 15 is 0 Å². The second-order valence-electron chi connectivity index (χ2n) is 5.27. The quantitative estimate of drug-likeness (QED) is 0.383. The zero-order chi connectivity index (χ0) is 20.0. The van der Waals surface area contributed by atoms with E-state index in [1.165, 1.54) is 30.3 Å². The van der Waals surface area contributed by atoms with E-state index in [2.05, 4.69) is 4.74 Å². The van der Waals surface area contributed by atoms with Gasteiger partial charge in [-0.2, -0.15) is 0 Å². The number of sulfonamides is 1. The molecule has 9 nitrogen and oxygen atoms in total. The highest BCUT2D eigenvalue weighted by atomic mass is 32.2. The molecule has 0 unspecified atom stereocenters. The zero-order valence-corrected chi connectivity index (χ0v) is 15.5. The average Bonchev–Trinajstić information content (AvgIpc) is 2.66. The van der Waals surface area contributed by atoms with E-state index in [1.807, 2.05) is 0 Å². The highest BCUT2D eigenvalue weighted by molar-refractivity contribution is 7.92. The number of carbonyl (C=O) groups excluding carboxylic acids is 1. The van der Waals surface area contributed by atoms with Crippen LogP contribution in [0.25, 0.3) is 0 Å². The number of ether oxygens (including phenoxy) is 2. The Morgan fingerprint density at radius 1 is 1.19 bits per heavy atom. The molecule has 0 aliphatic heterocycles. The van der Waals surface area contributed by atoms with Crippen LogP contribution in [0.1, 0.15) is 6.92 Å². The lowest BCUT2D eigenvalue weighted by molar-refractivity contribution is -0.385. The van der Waals surface area contributed by atoms with Crippen LogP contribution in [0.15, 0.2) is 53.4 Å². The van der Waals surface area contributed by atoms with Crippen LogP contribution in [0.5, 0.6) is 5.75 Å². The summed E-state index contributed by atoms with van der Waals surface area (Å²) >= 11 is 0. The van der Waals surface area contributed by atoms with Gasteiger partial charge < -0.3 is 9.47 Å². The lowest BCUT2D eigenvalue weighted by atomic mass is 10.3. The second-order valence-corrected chi connectivity index (χ2v) is 7.13. The van der Waals surface area contributed by atoms with Crippen molar-refractivity contribution >= 4 is 27.4 Å². The zero-order valence-electron chi connectivity index (χ0n) is 14.7. The molecule has 0 aliphatic rings. The Kier molecular flexibility index (Phi) is 6.35. The van der Waals surface area contributed by atoms with Gasteiger partial charge in [0.2, 0.25) is 0 Å². The summed E-state index contributed by atoms with van der Waals surface area (Å²) in [6.07, 6.45) is 0. The molecular formula is C17H18N2O7S. The summed E-state index contributed by atoms with van der Waals surface area (Å²) in [5, 5.41) is 11.0. The third-order valence-electron chi connectivity index (χ3n) is 3.53. The van der Waals surface area contributed by atoms with Crippen molar-refractivity contribution in [2.24, 2.45) is 0 Å². The third-order valence-corrected chi connectivity index (χ3v) is 5.30. The molecular weight excluding hydrogens is 376 g/mol. The molecule has 0 atom stereocenters. The van der Waals surface area contributed by atoms with Crippen molar-refractivity contribution in [2.45, 2.75) is 11.8 Å². The summed E-state index contributed by atoms with van der Waals surface area (Å²) in [4.78, 5) is 21.7. The first kappa shape index (κ1) is 20.2. The van der Waals surface area contributed by atoms with Crippen molar-refractivity contribution in [3.8, 4) is 5.75 Å². The number of hydrogen-bond acceptors (Lipinski definition) is 7. The molecule has 0 saturated carbocycles. The molecule has 2 aromatic rings. The predicted molar refractivity (Wildman–Crippen MR) is 97.3 cm³/mol. The summed E-state index contributed by atoms with van der Waals surface area (Å²) in [7, 11) is -3.14. The molecule has 2 rings (SSSR count). The predicted octanol–water partition coefficient (Wildman–Crippen LogP) is 2.36. The van der Waals surface area contributed by atoms with Gasteiger partial charge in [0, 0.05) is 18.2 Å². The van der Waals surface area contributed by atoms with E-state index < -0.39 is 27.5 Å². The fourth-order valence-electron chi connectivity index (χ4n) is 2.28. The Hall–Kier alpha value is -3.14. The van der Waals surface area contributed by atoms with Gasteiger partial charge in [0.15, 0.2) is 0 Å². The topological polar surface area (TPSA) is 116 Å². The molecule has 10 heteroatoms. The number of benzene rings is 2. The molecule has 0 amide bonds. The van der Waals surface area contributed by atoms with E-state index in [-0.39, 0.29) is 16.3 Å². The van der Waals surface area contributed by atoms with Crippen molar-refractivity contribution in [3.63, 3.8) is 0 Å². The van der Waals surface area contributed by atoms with Crippen LogP contribution in [0, 0.1) is 10.1 Å². The lowest BCUT2D eigenvalue weighted by Crippen LogP contribution is -2.36. The summed E-state index contributed by atoms with van der Waals surface area (Å²) in [5.74, 6) is -0.370. The number of nitro groups is 1. The first-order chi connectivity index (χ1) is 12.8. The lowest BCUT2D eigenvalue weighted by Gasteiger charge is -2.23. The van der Waals surface area contributed by atoms with Gasteiger partial charge in [-0.3, -0.25) is 19.2 Å². The summed E-state index contributed by atoms with van der Waals surface area (Å²) < 4.78 is 36.9. The molecule has 27 heavy (non-hydrogen) atoms. The Morgan fingerprint density at radius 2 is 1.89 bits per heavy atom. The van der Waals surface area contributed by atoms with E-state index in [4.69, 9.17) is 4.74 Å². The van der Waals surface area contributed by atoms with E-state index in [0.29, 0.717) is 12.4 Å². The van der Waals surface area contributed by atoms with Gasteiger partial charge >= 0.3 is 5.97 Å². The maximum atomic E-state index is 13.1. The fourth-order valence-corrected chi connectivity index (χ4v) is 3.72. The van der Waals surface area contributed by atoms with Gasteiger partial charge in [-0.1, -0.05) is 12.1 Å². The normalized spacial score (nSPS) is 10.9. The number of hydrogen-bond donors (Lipinski definition) is 0. The molecule has 0 aliphatic carbocycles. The largest absolute Gasteiger partial charge is 0.494 e. The number of esters is 1. The molecule has 0 aromatic heterocycles. The van der Waals surface area contributed by atoms with E-state index in [0.717, 1.165) is 17.5 Å². The Morgan fingerprint density at radius 3 is 2.52 bits per heavy atom. The SMILES string of the molecule is CCOc1cccc(N(CC(=O)OC)S(=O)(=O)c2cccc([N+](=O)[O-])c2)c1. The van der Waals surface area contributed by atoms with Crippen LogP contribution in [0.3, 0.4) is 0 Å². The highest BCUT2D eigenvalue weighted by Crippen LogP contribution is 2.28. The van der Waals surface area contributed by atoms with Crippen LogP contribution >= 0.6 is 0 Å². The minimum atomic E-state index is -4.27. The van der Waals surface area contributed by atoms with E-state index in [1.54, 1.807) is 19.1 Å².